The lowest BCUT2D eigenvalue weighted by Crippen LogP contribution is -1.93. The van der Waals surface area contributed by atoms with E-state index in [4.69, 9.17) is 11.6 Å². The normalized spacial score (nSPS) is 13.2. The fourth-order valence-electron chi connectivity index (χ4n) is 2.77. The van der Waals surface area contributed by atoms with Crippen LogP contribution >= 0.6 is 11.6 Å². The van der Waals surface area contributed by atoms with Crippen LogP contribution in [0.1, 0.15) is 40.7 Å². The molecule has 0 radical (unpaired) electrons. The van der Waals surface area contributed by atoms with Crippen molar-refractivity contribution in [1.82, 2.24) is 0 Å². The van der Waals surface area contributed by atoms with Gasteiger partial charge < -0.3 is 0 Å². The van der Waals surface area contributed by atoms with Gasteiger partial charge in [0.1, 0.15) is 5.82 Å². The Morgan fingerprint density at radius 2 is 1.92 bits per heavy atom. The van der Waals surface area contributed by atoms with Gasteiger partial charge in [0.05, 0.1) is 5.56 Å². The number of hydrogen-bond donors (Lipinski definition) is 0. The Kier molecular flexibility index (Phi) is 5.18. The van der Waals surface area contributed by atoms with Crippen molar-refractivity contribution in [2.45, 2.75) is 25.6 Å². The molecule has 1 aliphatic carbocycles. The lowest BCUT2D eigenvalue weighted by atomic mass is 9.93. The van der Waals surface area contributed by atoms with Gasteiger partial charge in [-0.2, -0.15) is 0 Å². The molecule has 24 heavy (non-hydrogen) atoms. The van der Waals surface area contributed by atoms with E-state index in [1.807, 2.05) is 12.1 Å². The van der Waals surface area contributed by atoms with Crippen LogP contribution in [0.5, 0.6) is 0 Å². The maximum Gasteiger partial charge on any atom is 0.139 e. The number of halogens is 2. The van der Waals surface area contributed by atoms with E-state index in [-0.39, 0.29) is 5.82 Å². The van der Waals surface area contributed by atoms with Gasteiger partial charge in [-0.3, -0.25) is 0 Å². The van der Waals surface area contributed by atoms with Gasteiger partial charge in [-0.15, -0.1) is 11.6 Å². The average molecular weight is 337 g/mol. The van der Waals surface area contributed by atoms with E-state index in [2.05, 4.69) is 43.1 Å². The van der Waals surface area contributed by atoms with Crippen molar-refractivity contribution >= 4 is 17.2 Å². The Morgan fingerprint density at radius 3 is 2.62 bits per heavy atom. The van der Waals surface area contributed by atoms with E-state index in [0.29, 0.717) is 11.4 Å². The Balaban J connectivity index is 1.95. The highest BCUT2D eigenvalue weighted by Crippen LogP contribution is 2.26. The molecule has 0 atom stereocenters. The fraction of sp³-hybridized carbons (Fsp3) is 0.182. The van der Waals surface area contributed by atoms with Crippen LogP contribution in [0.25, 0.3) is 5.57 Å². The summed E-state index contributed by atoms with van der Waals surface area (Å²) in [6.07, 6.45) is 8.78. The summed E-state index contributed by atoms with van der Waals surface area (Å²) in [7, 11) is 0. The standard InChI is InChI=1S/C22H18ClF/c1-16-18(8-5-9-21(16)19-6-3-2-4-7-19)12-13-20-11-10-17(15-23)14-22(20)24/h3,5-11,14H,2,4,15H2,1H3. The SMILES string of the molecule is Cc1c(C#Cc2ccc(CCl)cc2F)cccc1C1=CCCC=C1. The predicted octanol–water partition coefficient (Wildman–Crippen LogP) is 6.01. The molecule has 0 aromatic heterocycles. The van der Waals surface area contributed by atoms with E-state index in [9.17, 15) is 4.39 Å². The average Bonchev–Trinajstić information content (AvgIpc) is 2.62. The molecule has 0 N–H and O–H groups in total. The van der Waals surface area contributed by atoms with Crippen LogP contribution < -0.4 is 0 Å². The van der Waals surface area contributed by atoms with Crippen LogP contribution in [0.3, 0.4) is 0 Å². The molecule has 0 saturated carbocycles. The number of alkyl halides is 1. The quantitative estimate of drug-likeness (QED) is 0.465. The zero-order valence-corrected chi connectivity index (χ0v) is 14.3. The minimum absolute atomic E-state index is 0.300. The number of benzene rings is 2. The Labute approximate surface area is 147 Å². The Bertz CT molecular complexity index is 879. The third-order valence-electron chi connectivity index (χ3n) is 4.16. The molecular formula is C22H18ClF. The molecule has 0 saturated heterocycles. The summed E-state index contributed by atoms with van der Waals surface area (Å²) in [5, 5.41) is 0. The topological polar surface area (TPSA) is 0 Å². The van der Waals surface area contributed by atoms with E-state index in [1.165, 1.54) is 17.2 Å². The van der Waals surface area contributed by atoms with Gasteiger partial charge in [-0.1, -0.05) is 48.3 Å². The summed E-state index contributed by atoms with van der Waals surface area (Å²) in [6.45, 7) is 2.07. The molecule has 0 heterocycles. The summed E-state index contributed by atoms with van der Waals surface area (Å²) in [5.74, 6) is 6.03. The van der Waals surface area contributed by atoms with E-state index < -0.39 is 0 Å². The number of hydrogen-bond acceptors (Lipinski definition) is 0. The van der Waals surface area contributed by atoms with Crippen LogP contribution in [0, 0.1) is 24.6 Å². The molecule has 0 spiro atoms. The number of rotatable bonds is 2. The third-order valence-corrected chi connectivity index (χ3v) is 4.47. The largest absolute Gasteiger partial charge is 0.206 e. The molecule has 2 aromatic carbocycles. The zero-order valence-electron chi connectivity index (χ0n) is 13.6. The third kappa shape index (κ3) is 3.61. The maximum absolute atomic E-state index is 14.0. The second-order valence-electron chi connectivity index (χ2n) is 5.82. The zero-order chi connectivity index (χ0) is 16.9. The molecule has 1 aliphatic rings. The van der Waals surface area contributed by atoms with Crippen LogP contribution in [0.15, 0.2) is 54.6 Å². The van der Waals surface area contributed by atoms with Crippen molar-refractivity contribution in [2.75, 3.05) is 0 Å². The maximum atomic E-state index is 14.0. The Hall–Kier alpha value is -2.30. The highest BCUT2D eigenvalue weighted by atomic mass is 35.5. The molecule has 0 nitrogen and oxygen atoms in total. The Morgan fingerprint density at radius 1 is 1.08 bits per heavy atom. The highest BCUT2D eigenvalue weighted by Gasteiger charge is 2.07. The molecule has 3 rings (SSSR count). The lowest BCUT2D eigenvalue weighted by molar-refractivity contribution is 0.623. The van der Waals surface area contributed by atoms with Gasteiger partial charge >= 0.3 is 0 Å². The van der Waals surface area contributed by atoms with Gasteiger partial charge in [0.25, 0.3) is 0 Å². The van der Waals surface area contributed by atoms with Crippen LogP contribution in [0.2, 0.25) is 0 Å². The van der Waals surface area contributed by atoms with Gasteiger partial charge in [0.15, 0.2) is 0 Å². The molecule has 0 unspecified atom stereocenters. The monoisotopic (exact) mass is 336 g/mol. The molecule has 0 fully saturated rings. The minimum Gasteiger partial charge on any atom is -0.206 e. The first-order valence-corrected chi connectivity index (χ1v) is 8.55. The van der Waals surface area contributed by atoms with E-state index in [0.717, 1.165) is 29.5 Å². The molecule has 2 aromatic rings. The van der Waals surface area contributed by atoms with Crippen molar-refractivity contribution in [3.8, 4) is 11.8 Å². The second kappa shape index (κ2) is 7.51. The second-order valence-corrected chi connectivity index (χ2v) is 6.08. The smallest absolute Gasteiger partial charge is 0.139 e. The van der Waals surface area contributed by atoms with Crippen molar-refractivity contribution in [3.63, 3.8) is 0 Å². The van der Waals surface area contributed by atoms with Crippen molar-refractivity contribution in [3.05, 3.63) is 88.3 Å². The van der Waals surface area contributed by atoms with Crippen molar-refractivity contribution in [2.24, 2.45) is 0 Å². The number of allylic oxidation sites excluding steroid dienone is 4. The minimum atomic E-state index is -0.327. The molecule has 0 aliphatic heterocycles. The fourth-order valence-corrected chi connectivity index (χ4v) is 2.94. The van der Waals surface area contributed by atoms with Crippen LogP contribution in [-0.4, -0.2) is 0 Å². The van der Waals surface area contributed by atoms with E-state index >= 15 is 0 Å². The summed E-state index contributed by atoms with van der Waals surface area (Å²) in [5.41, 5.74) is 5.63. The molecule has 0 amide bonds. The van der Waals surface area contributed by atoms with Gasteiger partial charge in [0, 0.05) is 11.4 Å². The van der Waals surface area contributed by atoms with Crippen molar-refractivity contribution < 1.29 is 4.39 Å². The van der Waals surface area contributed by atoms with Gasteiger partial charge in [-0.25, -0.2) is 4.39 Å². The van der Waals surface area contributed by atoms with Crippen molar-refractivity contribution in [1.29, 1.82) is 0 Å². The lowest BCUT2D eigenvalue weighted by Gasteiger charge is -2.11. The predicted molar refractivity (Wildman–Crippen MR) is 99.5 cm³/mol. The molecular weight excluding hydrogens is 319 g/mol. The molecule has 2 heteroatoms. The first-order valence-electron chi connectivity index (χ1n) is 8.02. The molecule has 0 bridgehead atoms. The summed E-state index contributed by atoms with van der Waals surface area (Å²) >= 11 is 5.72. The summed E-state index contributed by atoms with van der Waals surface area (Å²) < 4.78 is 14.0. The first-order chi connectivity index (χ1) is 11.7. The van der Waals surface area contributed by atoms with Crippen LogP contribution in [0.4, 0.5) is 4.39 Å². The van der Waals surface area contributed by atoms with Gasteiger partial charge in [0.2, 0.25) is 0 Å². The van der Waals surface area contributed by atoms with E-state index in [1.54, 1.807) is 12.1 Å². The van der Waals surface area contributed by atoms with Gasteiger partial charge in [-0.05, 0) is 60.2 Å². The summed E-state index contributed by atoms with van der Waals surface area (Å²) in [4.78, 5) is 0. The molecule has 120 valence electrons. The highest BCUT2D eigenvalue weighted by molar-refractivity contribution is 6.17. The van der Waals surface area contributed by atoms with Crippen LogP contribution in [-0.2, 0) is 5.88 Å². The summed E-state index contributed by atoms with van der Waals surface area (Å²) in [6, 6.07) is 11.0. The first kappa shape index (κ1) is 16.6.